The van der Waals surface area contributed by atoms with Crippen molar-refractivity contribution < 1.29 is 23.5 Å². The summed E-state index contributed by atoms with van der Waals surface area (Å²) in [4.78, 5) is 40.2. The Morgan fingerprint density at radius 2 is 1.97 bits per heavy atom. The second-order valence-corrected chi connectivity index (χ2v) is 6.56. The van der Waals surface area contributed by atoms with E-state index in [-0.39, 0.29) is 5.82 Å². The SMILES string of the molecule is CCNC(=O)NC(=O)COC(=O)c1nc(-c2cccs2)n(-c2ccc(F)cc2)n1. The van der Waals surface area contributed by atoms with Crippen LogP contribution in [0.3, 0.4) is 0 Å². The van der Waals surface area contributed by atoms with Crippen LogP contribution in [0.15, 0.2) is 41.8 Å². The van der Waals surface area contributed by atoms with Gasteiger partial charge in [-0.3, -0.25) is 10.1 Å². The van der Waals surface area contributed by atoms with Crippen LogP contribution in [0, 0.1) is 5.82 Å². The molecule has 0 aliphatic heterocycles. The second-order valence-electron chi connectivity index (χ2n) is 5.61. The molecule has 0 atom stereocenters. The Hall–Kier alpha value is -3.60. The highest BCUT2D eigenvalue weighted by molar-refractivity contribution is 7.13. The smallest absolute Gasteiger partial charge is 0.378 e. The molecule has 3 aromatic rings. The zero-order valence-electron chi connectivity index (χ0n) is 15.2. The van der Waals surface area contributed by atoms with Crippen LogP contribution < -0.4 is 10.6 Å². The van der Waals surface area contributed by atoms with Crippen molar-refractivity contribution in [1.82, 2.24) is 25.4 Å². The average Bonchev–Trinajstić information content (AvgIpc) is 3.36. The van der Waals surface area contributed by atoms with Gasteiger partial charge in [-0.2, -0.15) is 4.98 Å². The molecule has 0 aliphatic rings. The lowest BCUT2D eigenvalue weighted by Gasteiger charge is -2.04. The lowest BCUT2D eigenvalue weighted by atomic mass is 10.3. The van der Waals surface area contributed by atoms with Gasteiger partial charge < -0.3 is 10.1 Å². The minimum atomic E-state index is -0.935. The molecule has 1 aromatic carbocycles. The van der Waals surface area contributed by atoms with E-state index in [4.69, 9.17) is 4.74 Å². The molecule has 0 unspecified atom stereocenters. The minimum Gasteiger partial charge on any atom is -0.450 e. The lowest BCUT2D eigenvalue weighted by Crippen LogP contribution is -2.41. The molecule has 150 valence electrons. The Balaban J connectivity index is 1.78. The van der Waals surface area contributed by atoms with E-state index in [1.165, 1.54) is 40.3 Å². The third kappa shape index (κ3) is 5.02. The van der Waals surface area contributed by atoms with Gasteiger partial charge in [-0.15, -0.1) is 16.4 Å². The molecular formula is C18H16FN5O4S. The number of ether oxygens (including phenoxy) is 1. The summed E-state index contributed by atoms with van der Waals surface area (Å²) in [6.45, 7) is 1.36. The van der Waals surface area contributed by atoms with Gasteiger partial charge in [-0.1, -0.05) is 6.07 Å². The molecule has 3 amide bonds. The van der Waals surface area contributed by atoms with E-state index in [2.05, 4.69) is 15.4 Å². The summed E-state index contributed by atoms with van der Waals surface area (Å²) in [5, 5.41) is 10.4. The van der Waals surface area contributed by atoms with Crippen molar-refractivity contribution in [2.75, 3.05) is 13.2 Å². The second kappa shape index (κ2) is 9.06. The molecule has 0 spiro atoms. The monoisotopic (exact) mass is 417 g/mol. The maximum absolute atomic E-state index is 13.2. The Labute approximate surface area is 168 Å². The molecule has 3 rings (SSSR count). The molecule has 2 heterocycles. The van der Waals surface area contributed by atoms with E-state index in [0.29, 0.717) is 18.1 Å². The molecule has 0 bridgehead atoms. The number of nitrogens with zero attached hydrogens (tertiary/aromatic N) is 3. The fourth-order valence-corrected chi connectivity index (χ4v) is 2.99. The fourth-order valence-electron chi connectivity index (χ4n) is 2.29. The maximum atomic E-state index is 13.2. The Morgan fingerprint density at radius 1 is 1.21 bits per heavy atom. The molecule has 29 heavy (non-hydrogen) atoms. The number of aromatic nitrogens is 3. The number of hydrogen-bond donors (Lipinski definition) is 2. The van der Waals surface area contributed by atoms with Gasteiger partial charge in [-0.25, -0.2) is 18.7 Å². The number of imide groups is 1. The first-order valence-corrected chi connectivity index (χ1v) is 9.37. The van der Waals surface area contributed by atoms with Crippen LogP contribution in [0.4, 0.5) is 9.18 Å². The summed E-state index contributed by atoms with van der Waals surface area (Å²) in [6.07, 6.45) is 0. The lowest BCUT2D eigenvalue weighted by molar-refractivity contribution is -0.123. The molecule has 9 nitrogen and oxygen atoms in total. The van der Waals surface area contributed by atoms with Crippen LogP contribution >= 0.6 is 11.3 Å². The number of benzene rings is 1. The molecular weight excluding hydrogens is 401 g/mol. The number of carbonyl (C=O) groups is 3. The average molecular weight is 417 g/mol. The van der Waals surface area contributed by atoms with E-state index in [1.807, 2.05) is 16.8 Å². The van der Waals surface area contributed by atoms with Gasteiger partial charge >= 0.3 is 12.0 Å². The third-order valence-electron chi connectivity index (χ3n) is 3.53. The molecule has 2 aromatic heterocycles. The van der Waals surface area contributed by atoms with Crippen molar-refractivity contribution in [3.63, 3.8) is 0 Å². The predicted molar refractivity (Wildman–Crippen MR) is 102 cm³/mol. The number of esters is 1. The highest BCUT2D eigenvalue weighted by Crippen LogP contribution is 2.25. The van der Waals surface area contributed by atoms with Crippen molar-refractivity contribution >= 4 is 29.2 Å². The van der Waals surface area contributed by atoms with Crippen molar-refractivity contribution in [2.24, 2.45) is 0 Å². The molecule has 0 saturated heterocycles. The van der Waals surface area contributed by atoms with Crippen molar-refractivity contribution in [3.8, 4) is 16.4 Å². The third-order valence-corrected chi connectivity index (χ3v) is 4.39. The number of nitrogens with one attached hydrogen (secondary N) is 2. The number of amides is 3. The van der Waals surface area contributed by atoms with Crippen molar-refractivity contribution in [2.45, 2.75) is 6.92 Å². The number of thiophene rings is 1. The molecule has 0 aliphatic carbocycles. The van der Waals surface area contributed by atoms with Crippen molar-refractivity contribution in [3.05, 3.63) is 53.4 Å². The largest absolute Gasteiger partial charge is 0.450 e. The highest BCUT2D eigenvalue weighted by atomic mass is 32.1. The number of rotatable bonds is 6. The van der Waals surface area contributed by atoms with E-state index >= 15 is 0 Å². The molecule has 0 radical (unpaired) electrons. The first kappa shape index (κ1) is 20.1. The fraction of sp³-hybridized carbons (Fsp3) is 0.167. The maximum Gasteiger partial charge on any atom is 0.378 e. The van der Waals surface area contributed by atoms with Crippen LogP contribution in [0.25, 0.3) is 16.4 Å². The summed E-state index contributed by atoms with van der Waals surface area (Å²) in [5.74, 6) is -2.05. The highest BCUT2D eigenvalue weighted by Gasteiger charge is 2.21. The summed E-state index contributed by atoms with van der Waals surface area (Å²) in [6, 6.07) is 8.44. The Kier molecular flexibility index (Phi) is 6.29. The van der Waals surface area contributed by atoms with Gasteiger partial charge in [0.15, 0.2) is 12.4 Å². The normalized spacial score (nSPS) is 10.4. The first-order chi connectivity index (χ1) is 14.0. The quantitative estimate of drug-likeness (QED) is 0.594. The van der Waals surface area contributed by atoms with Gasteiger partial charge in [0.05, 0.1) is 10.6 Å². The molecule has 2 N–H and O–H groups in total. The van der Waals surface area contributed by atoms with Gasteiger partial charge in [0.1, 0.15) is 5.82 Å². The van der Waals surface area contributed by atoms with E-state index < -0.39 is 30.3 Å². The summed E-state index contributed by atoms with van der Waals surface area (Å²) >= 11 is 1.38. The predicted octanol–water partition coefficient (Wildman–Crippen LogP) is 2.14. The van der Waals surface area contributed by atoms with Crippen LogP contribution in [0.1, 0.15) is 17.5 Å². The first-order valence-electron chi connectivity index (χ1n) is 8.49. The van der Waals surface area contributed by atoms with Gasteiger partial charge in [0.25, 0.3) is 11.7 Å². The number of hydrogen-bond acceptors (Lipinski definition) is 7. The van der Waals surface area contributed by atoms with E-state index in [9.17, 15) is 18.8 Å². The van der Waals surface area contributed by atoms with Crippen LogP contribution in [-0.2, 0) is 9.53 Å². The van der Waals surface area contributed by atoms with E-state index in [0.717, 1.165) is 4.88 Å². The topological polar surface area (TPSA) is 115 Å². The number of urea groups is 1. The summed E-state index contributed by atoms with van der Waals surface area (Å²) in [5.41, 5.74) is 0.496. The molecule has 11 heteroatoms. The zero-order valence-corrected chi connectivity index (χ0v) is 16.0. The summed E-state index contributed by atoms with van der Waals surface area (Å²) in [7, 11) is 0. The van der Waals surface area contributed by atoms with Crippen LogP contribution in [0.5, 0.6) is 0 Å². The van der Waals surface area contributed by atoms with Gasteiger partial charge in [0, 0.05) is 6.54 Å². The van der Waals surface area contributed by atoms with Gasteiger partial charge in [0.2, 0.25) is 0 Å². The van der Waals surface area contributed by atoms with Crippen LogP contribution in [0.2, 0.25) is 0 Å². The number of carbonyl (C=O) groups excluding carboxylic acids is 3. The van der Waals surface area contributed by atoms with E-state index in [1.54, 1.807) is 13.0 Å². The zero-order chi connectivity index (χ0) is 20.8. The molecule has 0 saturated carbocycles. The Bertz CT molecular complexity index is 1020. The molecule has 0 fully saturated rings. The number of halogens is 1. The summed E-state index contributed by atoms with van der Waals surface area (Å²) < 4.78 is 19.5. The Morgan fingerprint density at radius 3 is 2.62 bits per heavy atom. The van der Waals surface area contributed by atoms with Crippen LogP contribution in [-0.4, -0.2) is 45.8 Å². The minimum absolute atomic E-state index is 0.275. The van der Waals surface area contributed by atoms with Gasteiger partial charge in [-0.05, 0) is 42.6 Å². The van der Waals surface area contributed by atoms with Crippen molar-refractivity contribution in [1.29, 1.82) is 0 Å². The standard InChI is InChI=1S/C18H16FN5O4S/c1-2-20-18(27)21-14(25)10-28-17(26)15-22-16(13-4-3-9-29-13)24(23-15)12-7-5-11(19)6-8-12/h3-9H,2,10H2,1H3,(H2,20,21,25,27).